The quantitative estimate of drug-likeness (QED) is 0.584. The second kappa shape index (κ2) is 9.21. The number of alkyl halides is 3. The zero-order valence-corrected chi connectivity index (χ0v) is 15.2. The number of nitrogens with one attached hydrogen (secondary N) is 2. The van der Waals surface area contributed by atoms with Crippen molar-refractivity contribution in [2.24, 2.45) is 0 Å². The van der Waals surface area contributed by atoms with E-state index in [1.54, 1.807) is 18.3 Å². The third-order valence-electron chi connectivity index (χ3n) is 4.17. The van der Waals surface area contributed by atoms with Crippen LogP contribution in [0.1, 0.15) is 16.7 Å². The minimum atomic E-state index is -4.33. The minimum absolute atomic E-state index is 0.439. The van der Waals surface area contributed by atoms with E-state index in [0.717, 1.165) is 19.0 Å². The predicted octanol–water partition coefficient (Wildman–Crippen LogP) is 4.80. The second-order valence-corrected chi connectivity index (χ2v) is 6.30. The summed E-state index contributed by atoms with van der Waals surface area (Å²) in [6.45, 7) is 1.18. The van der Waals surface area contributed by atoms with E-state index in [9.17, 15) is 13.2 Å². The Labute approximate surface area is 161 Å². The van der Waals surface area contributed by atoms with Crippen molar-refractivity contribution < 1.29 is 13.2 Å². The van der Waals surface area contributed by atoms with E-state index in [2.05, 4.69) is 32.7 Å². The van der Waals surface area contributed by atoms with Crippen LogP contribution >= 0.6 is 0 Å². The average molecular weight is 386 g/mol. The Bertz CT molecular complexity index is 882. The number of aromatic nitrogens is 2. The van der Waals surface area contributed by atoms with Crippen molar-refractivity contribution in [2.45, 2.75) is 19.0 Å². The molecular weight excluding hydrogens is 365 g/mol. The molecule has 0 aliphatic rings. The number of halogens is 3. The second-order valence-electron chi connectivity index (χ2n) is 6.30. The normalized spacial score (nSPS) is 11.2. The molecule has 0 bridgehead atoms. The third kappa shape index (κ3) is 5.97. The fourth-order valence-corrected chi connectivity index (χ4v) is 2.74. The van der Waals surface area contributed by atoms with E-state index < -0.39 is 11.7 Å². The molecule has 4 nitrogen and oxygen atoms in total. The first-order valence-corrected chi connectivity index (χ1v) is 9.01. The van der Waals surface area contributed by atoms with Crippen LogP contribution in [0.15, 0.2) is 66.9 Å². The smallest absolute Gasteiger partial charge is 0.370 e. The number of hydrogen-bond donors (Lipinski definition) is 2. The van der Waals surface area contributed by atoms with Crippen LogP contribution in [0.2, 0.25) is 0 Å². The largest absolute Gasteiger partial charge is 0.416 e. The van der Waals surface area contributed by atoms with E-state index >= 15 is 0 Å². The lowest BCUT2D eigenvalue weighted by Crippen LogP contribution is -2.11. The van der Waals surface area contributed by atoms with Crippen LogP contribution in [0.4, 0.5) is 24.9 Å². The summed E-state index contributed by atoms with van der Waals surface area (Å²) in [5, 5.41) is 6.31. The Kier molecular flexibility index (Phi) is 6.47. The first-order valence-electron chi connectivity index (χ1n) is 9.01. The van der Waals surface area contributed by atoms with Crippen molar-refractivity contribution in [1.29, 1.82) is 0 Å². The summed E-state index contributed by atoms with van der Waals surface area (Å²) >= 11 is 0. The molecule has 2 N–H and O–H groups in total. The molecule has 28 heavy (non-hydrogen) atoms. The molecule has 0 spiro atoms. The van der Waals surface area contributed by atoms with Crippen LogP contribution in [0.5, 0.6) is 0 Å². The van der Waals surface area contributed by atoms with Gasteiger partial charge in [-0.1, -0.05) is 48.5 Å². The molecule has 1 aromatic heterocycles. The molecule has 0 saturated heterocycles. The lowest BCUT2D eigenvalue weighted by molar-refractivity contribution is -0.137. The minimum Gasteiger partial charge on any atom is -0.370 e. The Morgan fingerprint density at radius 3 is 2.29 bits per heavy atom. The molecule has 7 heteroatoms. The molecule has 2 aromatic carbocycles. The summed E-state index contributed by atoms with van der Waals surface area (Å²) in [7, 11) is 0. The van der Waals surface area contributed by atoms with Crippen molar-refractivity contribution in [1.82, 2.24) is 9.97 Å². The number of benzene rings is 2. The maximum atomic E-state index is 12.8. The van der Waals surface area contributed by atoms with Gasteiger partial charge < -0.3 is 10.6 Å². The summed E-state index contributed by atoms with van der Waals surface area (Å²) in [5.41, 5.74) is 1.22. The zero-order valence-electron chi connectivity index (χ0n) is 15.2. The molecule has 0 amide bonds. The highest BCUT2D eigenvalue weighted by molar-refractivity contribution is 5.40. The van der Waals surface area contributed by atoms with Crippen molar-refractivity contribution in [3.8, 4) is 0 Å². The number of rotatable bonds is 8. The fraction of sp³-hybridized carbons (Fsp3) is 0.238. The highest BCUT2D eigenvalue weighted by Crippen LogP contribution is 2.29. The highest BCUT2D eigenvalue weighted by atomic mass is 19.4. The van der Waals surface area contributed by atoms with Gasteiger partial charge in [0.15, 0.2) is 0 Å². The number of nitrogens with zero attached hydrogens (tertiary/aromatic N) is 2. The SMILES string of the molecule is FC(F)(F)c1cccc(CCNc2nccc(NCCc3ccccc3)n2)c1. The number of hydrogen-bond acceptors (Lipinski definition) is 4. The summed E-state index contributed by atoms with van der Waals surface area (Å²) in [6.07, 6.45) is -1.36. The predicted molar refractivity (Wildman–Crippen MR) is 104 cm³/mol. The van der Waals surface area contributed by atoms with E-state index in [-0.39, 0.29) is 0 Å². The van der Waals surface area contributed by atoms with Gasteiger partial charge in [0.2, 0.25) is 5.95 Å². The summed E-state index contributed by atoms with van der Waals surface area (Å²) < 4.78 is 38.3. The molecule has 0 atom stereocenters. The van der Waals surface area contributed by atoms with Gasteiger partial charge in [-0.3, -0.25) is 0 Å². The highest BCUT2D eigenvalue weighted by Gasteiger charge is 2.30. The standard InChI is InChI=1S/C21H21F3N4/c22-21(23,24)18-8-4-7-17(15-18)10-13-26-20-27-14-11-19(28-20)25-12-9-16-5-2-1-3-6-16/h1-8,11,14-15H,9-10,12-13H2,(H2,25,26,27,28). The van der Waals surface area contributed by atoms with Gasteiger partial charge in [0.1, 0.15) is 5.82 Å². The van der Waals surface area contributed by atoms with Crippen LogP contribution in [-0.2, 0) is 19.0 Å². The van der Waals surface area contributed by atoms with Crippen molar-refractivity contribution in [3.63, 3.8) is 0 Å². The molecule has 3 aromatic rings. The molecule has 0 unspecified atom stereocenters. The molecule has 0 saturated carbocycles. The van der Waals surface area contributed by atoms with Crippen molar-refractivity contribution in [2.75, 3.05) is 23.7 Å². The molecule has 0 aliphatic carbocycles. The van der Waals surface area contributed by atoms with Gasteiger partial charge in [0.25, 0.3) is 0 Å². The van der Waals surface area contributed by atoms with E-state index in [4.69, 9.17) is 0 Å². The average Bonchev–Trinajstić information content (AvgIpc) is 2.69. The van der Waals surface area contributed by atoms with Gasteiger partial charge in [-0.2, -0.15) is 18.2 Å². The summed E-state index contributed by atoms with van der Waals surface area (Å²) in [6, 6.07) is 17.3. The number of anilines is 2. The molecule has 146 valence electrons. The van der Waals surface area contributed by atoms with Crippen LogP contribution in [0, 0.1) is 0 Å². The van der Waals surface area contributed by atoms with Crippen LogP contribution in [-0.4, -0.2) is 23.1 Å². The molecule has 0 radical (unpaired) electrons. The first-order chi connectivity index (χ1) is 13.5. The lowest BCUT2D eigenvalue weighted by Gasteiger charge is -2.10. The Morgan fingerprint density at radius 1 is 0.786 bits per heavy atom. The first kappa shape index (κ1) is 19.7. The van der Waals surface area contributed by atoms with Crippen LogP contribution in [0.25, 0.3) is 0 Å². The van der Waals surface area contributed by atoms with Crippen LogP contribution < -0.4 is 10.6 Å². The van der Waals surface area contributed by atoms with E-state index in [0.29, 0.717) is 30.3 Å². The Balaban J connectivity index is 1.48. The van der Waals surface area contributed by atoms with Gasteiger partial charge in [-0.15, -0.1) is 0 Å². The van der Waals surface area contributed by atoms with Gasteiger partial charge in [0, 0.05) is 19.3 Å². The summed E-state index contributed by atoms with van der Waals surface area (Å²) in [4.78, 5) is 8.53. The summed E-state index contributed by atoms with van der Waals surface area (Å²) in [5.74, 6) is 1.14. The van der Waals surface area contributed by atoms with Crippen LogP contribution in [0.3, 0.4) is 0 Å². The van der Waals surface area contributed by atoms with E-state index in [1.807, 2.05) is 18.2 Å². The molecular formula is C21H21F3N4. The third-order valence-corrected chi connectivity index (χ3v) is 4.17. The molecule has 0 fully saturated rings. The fourth-order valence-electron chi connectivity index (χ4n) is 2.74. The Morgan fingerprint density at radius 2 is 1.50 bits per heavy atom. The van der Waals surface area contributed by atoms with E-state index in [1.165, 1.54) is 17.7 Å². The molecule has 1 heterocycles. The Hall–Kier alpha value is -3.09. The maximum absolute atomic E-state index is 12.8. The van der Waals surface area contributed by atoms with Gasteiger partial charge in [-0.05, 0) is 36.1 Å². The van der Waals surface area contributed by atoms with Gasteiger partial charge >= 0.3 is 6.18 Å². The zero-order chi connectivity index (χ0) is 19.8. The molecule has 3 rings (SSSR count). The maximum Gasteiger partial charge on any atom is 0.416 e. The monoisotopic (exact) mass is 386 g/mol. The van der Waals surface area contributed by atoms with Gasteiger partial charge in [0.05, 0.1) is 5.56 Å². The van der Waals surface area contributed by atoms with Crippen molar-refractivity contribution >= 4 is 11.8 Å². The lowest BCUT2D eigenvalue weighted by atomic mass is 10.1. The topological polar surface area (TPSA) is 49.8 Å². The van der Waals surface area contributed by atoms with Crippen molar-refractivity contribution in [3.05, 3.63) is 83.6 Å². The molecule has 0 aliphatic heterocycles. The van der Waals surface area contributed by atoms with Gasteiger partial charge in [-0.25, -0.2) is 4.98 Å².